The van der Waals surface area contributed by atoms with E-state index < -0.39 is 5.54 Å². The van der Waals surface area contributed by atoms with E-state index in [0.29, 0.717) is 6.54 Å². The summed E-state index contributed by atoms with van der Waals surface area (Å²) in [4.78, 5) is 3.85. The van der Waals surface area contributed by atoms with Crippen molar-refractivity contribution in [2.45, 2.75) is 32.4 Å². The highest BCUT2D eigenvalue weighted by atomic mass is 15.1. The monoisotopic (exact) mass is 242 g/mol. The molecule has 1 unspecified atom stereocenters. The average Bonchev–Trinajstić information content (AvgIpc) is 2.78. The van der Waals surface area contributed by atoms with Crippen LogP contribution >= 0.6 is 0 Å². The zero-order valence-electron chi connectivity index (χ0n) is 10.4. The third-order valence-corrected chi connectivity index (χ3v) is 2.55. The highest BCUT2D eigenvalue weighted by Gasteiger charge is 2.25. The summed E-state index contributed by atoms with van der Waals surface area (Å²) in [6, 6.07) is 5.98. The van der Waals surface area contributed by atoms with Gasteiger partial charge in [0.1, 0.15) is 17.7 Å². The van der Waals surface area contributed by atoms with Crippen LogP contribution in [0, 0.1) is 34.0 Å². The van der Waals surface area contributed by atoms with Gasteiger partial charge in [-0.1, -0.05) is 6.92 Å². The van der Waals surface area contributed by atoms with Gasteiger partial charge in [-0.3, -0.25) is 5.32 Å². The summed E-state index contributed by atoms with van der Waals surface area (Å²) in [6.45, 7) is 4.76. The Hall–Kier alpha value is -2.36. The summed E-state index contributed by atoms with van der Waals surface area (Å²) in [7, 11) is 0. The molecule has 0 bridgehead atoms. The first-order chi connectivity index (χ1) is 8.60. The minimum Gasteiger partial charge on any atom is -0.318 e. The van der Waals surface area contributed by atoms with Gasteiger partial charge in [-0.05, 0) is 19.9 Å². The largest absolute Gasteiger partial charge is 0.318 e. The highest BCUT2D eigenvalue weighted by molar-refractivity contribution is 5.36. The molecule has 0 aromatic carbocycles. The lowest BCUT2D eigenvalue weighted by Gasteiger charge is -2.23. The smallest absolute Gasteiger partial charge is 0.176 e. The second-order valence-corrected chi connectivity index (χ2v) is 4.16. The van der Waals surface area contributed by atoms with Crippen molar-refractivity contribution in [2.24, 2.45) is 0 Å². The Labute approximate surface area is 106 Å². The molecule has 6 nitrogen and oxygen atoms in total. The fourth-order valence-electron chi connectivity index (χ4n) is 1.57. The first-order valence-electron chi connectivity index (χ1n) is 5.61. The maximum absolute atomic E-state index is 9.21. The number of hydrogen-bond acceptors (Lipinski definition) is 5. The van der Waals surface area contributed by atoms with Gasteiger partial charge in [0.15, 0.2) is 11.4 Å². The number of aromatic nitrogens is 2. The van der Waals surface area contributed by atoms with Crippen LogP contribution in [0.5, 0.6) is 0 Å². The van der Waals surface area contributed by atoms with E-state index in [1.54, 1.807) is 6.92 Å². The fraction of sp³-hybridized carbons (Fsp3) is 0.500. The summed E-state index contributed by atoms with van der Waals surface area (Å²) < 4.78 is 1.53. The minimum absolute atomic E-state index is 0.0910. The summed E-state index contributed by atoms with van der Waals surface area (Å²) >= 11 is 0. The van der Waals surface area contributed by atoms with Gasteiger partial charge in [0.05, 0.1) is 18.9 Å². The molecule has 0 saturated heterocycles. The van der Waals surface area contributed by atoms with Crippen molar-refractivity contribution in [3.63, 3.8) is 0 Å². The molecule has 0 amide bonds. The molecule has 1 aromatic heterocycles. The van der Waals surface area contributed by atoms with Gasteiger partial charge >= 0.3 is 0 Å². The van der Waals surface area contributed by atoms with Crippen LogP contribution in [0.4, 0.5) is 0 Å². The lowest BCUT2D eigenvalue weighted by molar-refractivity contribution is 0.387. The van der Waals surface area contributed by atoms with E-state index >= 15 is 0 Å². The Kier molecular flexibility index (Phi) is 4.43. The van der Waals surface area contributed by atoms with Gasteiger partial charge in [-0.15, -0.1) is 0 Å². The normalized spacial score (nSPS) is 13.1. The molecule has 6 heteroatoms. The SMILES string of the molecule is CCCNC(C)(C#N)Cn1cnc(C#N)c1C#N. The van der Waals surface area contributed by atoms with Crippen molar-refractivity contribution in [3.8, 4) is 18.2 Å². The van der Waals surface area contributed by atoms with Gasteiger partial charge in [0.25, 0.3) is 0 Å². The first-order valence-corrected chi connectivity index (χ1v) is 5.61. The van der Waals surface area contributed by atoms with E-state index in [9.17, 15) is 5.26 Å². The summed E-state index contributed by atoms with van der Waals surface area (Å²) in [5, 5.41) is 30.1. The molecule has 1 N–H and O–H groups in total. The highest BCUT2D eigenvalue weighted by Crippen LogP contribution is 2.11. The predicted molar refractivity (Wildman–Crippen MR) is 64.0 cm³/mol. The molecule has 0 fully saturated rings. The Bertz CT molecular complexity index is 538. The van der Waals surface area contributed by atoms with Crippen LogP contribution in [0.2, 0.25) is 0 Å². The van der Waals surface area contributed by atoms with Crippen LogP contribution in [0.25, 0.3) is 0 Å². The van der Waals surface area contributed by atoms with Crippen molar-refractivity contribution in [1.82, 2.24) is 14.9 Å². The van der Waals surface area contributed by atoms with Crippen molar-refractivity contribution in [3.05, 3.63) is 17.7 Å². The summed E-state index contributed by atoms with van der Waals surface area (Å²) in [5.74, 6) is 0. The lowest BCUT2D eigenvalue weighted by Crippen LogP contribution is -2.45. The molecule has 0 aliphatic heterocycles. The van der Waals surface area contributed by atoms with Gasteiger partial charge in [-0.25, -0.2) is 4.98 Å². The molecule has 0 spiro atoms. The molecule has 0 aliphatic rings. The fourth-order valence-corrected chi connectivity index (χ4v) is 1.57. The van der Waals surface area contributed by atoms with Gasteiger partial charge < -0.3 is 4.57 Å². The minimum atomic E-state index is -0.783. The standard InChI is InChI=1S/C12H14N6/c1-3-4-17-12(2,7-15)8-18-9-16-10(5-13)11(18)6-14/h9,17H,3-4,8H2,1-2H3. The second kappa shape index (κ2) is 5.82. The van der Waals surface area contributed by atoms with Crippen molar-refractivity contribution < 1.29 is 0 Å². The maximum Gasteiger partial charge on any atom is 0.176 e. The van der Waals surface area contributed by atoms with Crippen LogP contribution in [0.3, 0.4) is 0 Å². The van der Waals surface area contributed by atoms with Crippen LogP contribution in [0.15, 0.2) is 6.33 Å². The number of hydrogen-bond donors (Lipinski definition) is 1. The Morgan fingerprint density at radius 2 is 2.11 bits per heavy atom. The molecular formula is C12H14N6. The molecule has 0 saturated carbocycles. The third kappa shape index (κ3) is 2.85. The van der Waals surface area contributed by atoms with Crippen LogP contribution < -0.4 is 5.32 Å². The van der Waals surface area contributed by atoms with E-state index in [0.717, 1.165) is 6.42 Å². The summed E-state index contributed by atoms with van der Waals surface area (Å²) in [6.07, 6.45) is 2.33. The molecular weight excluding hydrogens is 228 g/mol. The van der Waals surface area contributed by atoms with E-state index in [1.165, 1.54) is 10.9 Å². The lowest BCUT2D eigenvalue weighted by atomic mass is 10.0. The third-order valence-electron chi connectivity index (χ3n) is 2.55. The molecule has 1 aromatic rings. The quantitative estimate of drug-likeness (QED) is 0.826. The Balaban J connectivity index is 2.97. The molecule has 1 heterocycles. The Morgan fingerprint density at radius 3 is 2.61 bits per heavy atom. The molecule has 0 radical (unpaired) electrons. The first kappa shape index (κ1) is 13.7. The van der Waals surface area contributed by atoms with E-state index in [-0.39, 0.29) is 17.9 Å². The van der Waals surface area contributed by atoms with Crippen LogP contribution in [-0.4, -0.2) is 21.6 Å². The van der Waals surface area contributed by atoms with Gasteiger partial charge in [0.2, 0.25) is 0 Å². The molecule has 0 aliphatic carbocycles. The molecule has 18 heavy (non-hydrogen) atoms. The summed E-state index contributed by atoms with van der Waals surface area (Å²) in [5.41, 5.74) is -0.500. The van der Waals surface area contributed by atoms with E-state index in [4.69, 9.17) is 10.5 Å². The van der Waals surface area contributed by atoms with Crippen molar-refractivity contribution in [2.75, 3.05) is 6.54 Å². The number of rotatable bonds is 5. The van der Waals surface area contributed by atoms with E-state index in [1.807, 2.05) is 19.1 Å². The maximum atomic E-state index is 9.21. The second-order valence-electron chi connectivity index (χ2n) is 4.16. The number of nitrogens with one attached hydrogen (secondary N) is 1. The van der Waals surface area contributed by atoms with Crippen LogP contribution in [0.1, 0.15) is 31.7 Å². The van der Waals surface area contributed by atoms with E-state index in [2.05, 4.69) is 16.4 Å². The Morgan fingerprint density at radius 1 is 1.39 bits per heavy atom. The average molecular weight is 242 g/mol. The van der Waals surface area contributed by atoms with Crippen molar-refractivity contribution >= 4 is 0 Å². The van der Waals surface area contributed by atoms with Crippen LogP contribution in [-0.2, 0) is 6.54 Å². The zero-order valence-corrected chi connectivity index (χ0v) is 10.4. The molecule has 1 rings (SSSR count). The molecule has 92 valence electrons. The van der Waals surface area contributed by atoms with Gasteiger partial charge in [-0.2, -0.15) is 15.8 Å². The number of imidazole rings is 1. The zero-order chi connectivity index (χ0) is 13.6. The number of nitriles is 3. The van der Waals surface area contributed by atoms with Crippen molar-refractivity contribution in [1.29, 1.82) is 15.8 Å². The van der Waals surface area contributed by atoms with Gasteiger partial charge in [0, 0.05) is 0 Å². The number of nitrogens with zero attached hydrogens (tertiary/aromatic N) is 5. The predicted octanol–water partition coefficient (Wildman–Crippen LogP) is 0.908. The topological polar surface area (TPSA) is 101 Å². The molecule has 1 atom stereocenters.